The Hall–Kier alpha value is -1.54. The molecule has 0 aromatic rings. The summed E-state index contributed by atoms with van der Waals surface area (Å²) >= 11 is 0. The molecular weight excluding hydrogens is 148 g/mol. The predicted octanol–water partition coefficient (Wildman–Crippen LogP) is 2.71. The van der Waals surface area contributed by atoms with Crippen LogP contribution in [0.4, 0.5) is 0 Å². The van der Waals surface area contributed by atoms with E-state index in [1.807, 2.05) is 19.1 Å². The summed E-state index contributed by atoms with van der Waals surface area (Å²) in [5.41, 5.74) is 0.952. The van der Waals surface area contributed by atoms with Crippen molar-refractivity contribution in [3.05, 3.63) is 23.3 Å². The van der Waals surface area contributed by atoms with Crippen LogP contribution in [-0.2, 0) is 0 Å². The van der Waals surface area contributed by atoms with Crippen LogP contribution in [0.5, 0.6) is 0 Å². The van der Waals surface area contributed by atoms with Crippen molar-refractivity contribution >= 4 is 0 Å². The summed E-state index contributed by atoms with van der Waals surface area (Å²) in [5.74, 6) is 0. The van der Waals surface area contributed by atoms with Crippen LogP contribution in [0.25, 0.3) is 0 Å². The molecule has 0 bridgehead atoms. The number of hydrogen-bond acceptors (Lipinski definition) is 2. The summed E-state index contributed by atoms with van der Waals surface area (Å²) in [6, 6.07) is 3.99. The Kier molecular flexibility index (Phi) is 5.39. The molecule has 0 amide bonds. The minimum absolute atomic E-state index is 0.464. The van der Waals surface area contributed by atoms with Crippen molar-refractivity contribution in [2.24, 2.45) is 0 Å². The van der Waals surface area contributed by atoms with Gasteiger partial charge >= 0.3 is 0 Å². The second kappa shape index (κ2) is 6.19. The van der Waals surface area contributed by atoms with Crippen LogP contribution in [0.3, 0.4) is 0 Å². The number of unbranched alkanes of at least 4 members (excludes halogenated alkanes) is 1. The first kappa shape index (κ1) is 10.5. The Morgan fingerprint density at radius 3 is 2.17 bits per heavy atom. The lowest BCUT2D eigenvalue weighted by molar-refractivity contribution is 0.954. The third-order valence-electron chi connectivity index (χ3n) is 1.46. The van der Waals surface area contributed by atoms with Gasteiger partial charge < -0.3 is 0 Å². The van der Waals surface area contributed by atoms with Crippen molar-refractivity contribution in [2.75, 3.05) is 0 Å². The van der Waals surface area contributed by atoms with Gasteiger partial charge in [-0.3, -0.25) is 0 Å². The fraction of sp³-hybridized carbons (Fsp3) is 0.400. The lowest BCUT2D eigenvalue weighted by atomic mass is 10.1. The Morgan fingerprint density at radius 2 is 1.83 bits per heavy atom. The number of nitriles is 2. The second-order valence-corrected chi connectivity index (χ2v) is 2.33. The highest BCUT2D eigenvalue weighted by molar-refractivity contribution is 5.49. The molecule has 0 aromatic heterocycles. The maximum atomic E-state index is 8.68. The van der Waals surface area contributed by atoms with Gasteiger partial charge in [0.25, 0.3) is 0 Å². The highest BCUT2D eigenvalue weighted by Crippen LogP contribution is 2.09. The molecule has 0 radical (unpaired) electrons. The molecule has 0 fully saturated rings. The molecule has 62 valence electrons. The summed E-state index contributed by atoms with van der Waals surface area (Å²) in [6.07, 6.45) is 5.30. The van der Waals surface area contributed by atoms with Gasteiger partial charge in [0.2, 0.25) is 0 Å². The zero-order valence-electron chi connectivity index (χ0n) is 7.46. The van der Waals surface area contributed by atoms with E-state index in [-0.39, 0.29) is 0 Å². The minimum atomic E-state index is 0.464. The van der Waals surface area contributed by atoms with E-state index in [1.54, 1.807) is 19.1 Å². The first-order chi connectivity index (χ1) is 5.79. The smallest absolute Gasteiger partial charge is 0.100 e. The number of nitrogens with zero attached hydrogens (tertiary/aromatic N) is 2. The topological polar surface area (TPSA) is 47.6 Å². The van der Waals surface area contributed by atoms with Crippen LogP contribution in [-0.4, -0.2) is 0 Å². The predicted molar refractivity (Wildman–Crippen MR) is 48.0 cm³/mol. The van der Waals surface area contributed by atoms with E-state index in [2.05, 4.69) is 0 Å². The Labute approximate surface area is 73.4 Å². The molecule has 0 unspecified atom stereocenters. The average Bonchev–Trinajstić information content (AvgIpc) is 2.12. The van der Waals surface area contributed by atoms with Crippen molar-refractivity contribution in [3.63, 3.8) is 0 Å². The van der Waals surface area contributed by atoms with Gasteiger partial charge in [0.15, 0.2) is 0 Å². The SMILES string of the molecule is C/C=C(C#N)/C(C#N)=C/CCC. The van der Waals surface area contributed by atoms with Crippen LogP contribution in [0.15, 0.2) is 23.3 Å². The van der Waals surface area contributed by atoms with Crippen LogP contribution in [0.2, 0.25) is 0 Å². The third kappa shape index (κ3) is 3.03. The van der Waals surface area contributed by atoms with Gasteiger partial charge in [-0.25, -0.2) is 0 Å². The summed E-state index contributed by atoms with van der Waals surface area (Å²) in [4.78, 5) is 0. The summed E-state index contributed by atoms with van der Waals surface area (Å²) in [6.45, 7) is 3.79. The van der Waals surface area contributed by atoms with Gasteiger partial charge in [-0.1, -0.05) is 25.5 Å². The average molecular weight is 160 g/mol. The normalized spacial score (nSPS) is 12.0. The fourth-order valence-corrected chi connectivity index (χ4v) is 0.785. The number of allylic oxidation sites excluding steroid dienone is 4. The van der Waals surface area contributed by atoms with Crippen LogP contribution >= 0.6 is 0 Å². The molecule has 0 spiro atoms. The molecule has 0 aliphatic heterocycles. The molecular formula is C10H12N2. The molecule has 12 heavy (non-hydrogen) atoms. The van der Waals surface area contributed by atoms with E-state index in [0.29, 0.717) is 11.1 Å². The van der Waals surface area contributed by atoms with Crippen molar-refractivity contribution in [1.29, 1.82) is 10.5 Å². The highest BCUT2D eigenvalue weighted by Gasteiger charge is 1.99. The van der Waals surface area contributed by atoms with Gasteiger partial charge in [-0.05, 0) is 13.3 Å². The zero-order chi connectivity index (χ0) is 9.40. The van der Waals surface area contributed by atoms with E-state index in [9.17, 15) is 0 Å². The third-order valence-corrected chi connectivity index (χ3v) is 1.46. The molecule has 0 aromatic carbocycles. The lowest BCUT2D eigenvalue weighted by Crippen LogP contribution is -1.83. The molecule has 0 N–H and O–H groups in total. The quantitative estimate of drug-likeness (QED) is 0.470. The molecule has 0 atom stereocenters. The maximum absolute atomic E-state index is 8.68. The van der Waals surface area contributed by atoms with Crippen molar-refractivity contribution in [1.82, 2.24) is 0 Å². The van der Waals surface area contributed by atoms with Crippen LogP contribution in [0.1, 0.15) is 26.7 Å². The largest absolute Gasteiger partial charge is 0.192 e. The van der Waals surface area contributed by atoms with Crippen LogP contribution in [0, 0.1) is 22.7 Å². The summed E-state index contributed by atoms with van der Waals surface area (Å²) in [7, 11) is 0. The van der Waals surface area contributed by atoms with Gasteiger partial charge in [0.05, 0.1) is 11.1 Å². The Morgan fingerprint density at radius 1 is 1.25 bits per heavy atom. The monoisotopic (exact) mass is 160 g/mol. The van der Waals surface area contributed by atoms with Gasteiger partial charge in [-0.15, -0.1) is 0 Å². The van der Waals surface area contributed by atoms with Crippen molar-refractivity contribution in [3.8, 4) is 12.1 Å². The van der Waals surface area contributed by atoms with Crippen LogP contribution < -0.4 is 0 Å². The molecule has 2 nitrogen and oxygen atoms in total. The molecule has 0 saturated carbocycles. The van der Waals surface area contributed by atoms with Gasteiger partial charge in [0, 0.05) is 0 Å². The zero-order valence-corrected chi connectivity index (χ0v) is 7.46. The van der Waals surface area contributed by atoms with Crippen molar-refractivity contribution in [2.45, 2.75) is 26.7 Å². The van der Waals surface area contributed by atoms with E-state index in [4.69, 9.17) is 10.5 Å². The molecule has 2 heteroatoms. The van der Waals surface area contributed by atoms with E-state index >= 15 is 0 Å². The Bertz CT molecular complexity index is 271. The first-order valence-electron chi connectivity index (χ1n) is 3.97. The molecule has 0 saturated heterocycles. The van der Waals surface area contributed by atoms with E-state index < -0.39 is 0 Å². The summed E-state index contributed by atoms with van der Waals surface area (Å²) in [5, 5.41) is 17.3. The lowest BCUT2D eigenvalue weighted by Gasteiger charge is -1.92. The van der Waals surface area contributed by atoms with Crippen molar-refractivity contribution < 1.29 is 0 Å². The van der Waals surface area contributed by atoms with E-state index in [1.165, 1.54) is 0 Å². The molecule has 0 aliphatic rings. The van der Waals surface area contributed by atoms with Gasteiger partial charge in [-0.2, -0.15) is 10.5 Å². The molecule has 0 aliphatic carbocycles. The first-order valence-corrected chi connectivity index (χ1v) is 3.97. The maximum Gasteiger partial charge on any atom is 0.100 e. The summed E-state index contributed by atoms with van der Waals surface area (Å²) < 4.78 is 0. The standard InChI is InChI=1S/C10H12N2/c1-3-5-6-10(8-12)9(4-2)7-11/h4,6H,3,5H2,1-2H3/b9-4+,10-6+. The van der Waals surface area contributed by atoms with Gasteiger partial charge in [0.1, 0.15) is 12.1 Å². The molecule has 0 rings (SSSR count). The number of hydrogen-bond donors (Lipinski definition) is 0. The molecule has 0 heterocycles. The fourth-order valence-electron chi connectivity index (χ4n) is 0.785. The highest BCUT2D eigenvalue weighted by atomic mass is 14.3. The second-order valence-electron chi connectivity index (χ2n) is 2.33. The Balaban J connectivity index is 4.60. The number of rotatable bonds is 3. The minimum Gasteiger partial charge on any atom is -0.192 e. The van der Waals surface area contributed by atoms with E-state index in [0.717, 1.165) is 12.8 Å².